The van der Waals surface area contributed by atoms with Crippen molar-refractivity contribution in [1.82, 2.24) is 20.4 Å². The van der Waals surface area contributed by atoms with Gasteiger partial charge in [0.25, 0.3) is 17.5 Å². The summed E-state index contributed by atoms with van der Waals surface area (Å²) in [7, 11) is 1.47. The summed E-state index contributed by atoms with van der Waals surface area (Å²) >= 11 is 0. The third-order valence-corrected chi connectivity index (χ3v) is 3.69. The Morgan fingerprint density at radius 1 is 1.25 bits per heavy atom. The summed E-state index contributed by atoms with van der Waals surface area (Å²) in [4.78, 5) is 23.3. The molecule has 0 unspecified atom stereocenters. The maximum atomic E-state index is 12.0. The van der Waals surface area contributed by atoms with Crippen molar-refractivity contribution in [3.05, 3.63) is 81.5 Å². The van der Waals surface area contributed by atoms with Crippen molar-refractivity contribution < 1.29 is 14.5 Å². The van der Waals surface area contributed by atoms with Gasteiger partial charge in [-0.15, -0.1) is 5.10 Å². The summed E-state index contributed by atoms with van der Waals surface area (Å²) in [5, 5.41) is 25.0. The minimum Gasteiger partial charge on any atom is -0.470 e. The molecule has 10 heteroatoms. The van der Waals surface area contributed by atoms with E-state index in [0.717, 1.165) is 10.4 Å². The molecular formula is C18H16N6O4. The van der Waals surface area contributed by atoms with Gasteiger partial charge in [-0.25, -0.2) is 0 Å². The number of carbonyl (C=O) groups is 1. The largest absolute Gasteiger partial charge is 0.470 e. The first-order chi connectivity index (χ1) is 13.6. The Bertz CT molecular complexity index is 999. The van der Waals surface area contributed by atoms with Gasteiger partial charge in [0.2, 0.25) is 5.69 Å². The van der Waals surface area contributed by atoms with Crippen LogP contribution in [0.1, 0.15) is 21.6 Å². The van der Waals surface area contributed by atoms with Crippen LogP contribution < -0.4 is 10.1 Å². The molecule has 0 fully saturated rings. The number of carbonyl (C=O) groups excluding carboxylic acids is 1. The average molecular weight is 380 g/mol. The molecule has 0 atom stereocenters. The summed E-state index contributed by atoms with van der Waals surface area (Å²) in [5.74, 6) is -0.374. The van der Waals surface area contributed by atoms with Crippen LogP contribution in [0.5, 0.6) is 5.88 Å². The van der Waals surface area contributed by atoms with Gasteiger partial charge in [-0.2, -0.15) is 5.10 Å². The summed E-state index contributed by atoms with van der Waals surface area (Å²) in [5.41, 5.74) is 1.49. The minimum atomic E-state index is -0.483. The van der Waals surface area contributed by atoms with Crippen molar-refractivity contribution in [3.63, 3.8) is 0 Å². The van der Waals surface area contributed by atoms with Crippen LogP contribution in [-0.4, -0.2) is 39.2 Å². The lowest BCUT2D eigenvalue weighted by molar-refractivity contribution is -0.384. The van der Waals surface area contributed by atoms with Crippen LogP contribution in [0.2, 0.25) is 0 Å². The van der Waals surface area contributed by atoms with Gasteiger partial charge in [0.1, 0.15) is 6.61 Å². The van der Waals surface area contributed by atoms with Crippen LogP contribution in [0, 0.1) is 10.1 Å². The van der Waals surface area contributed by atoms with Gasteiger partial charge < -0.3 is 10.1 Å². The van der Waals surface area contributed by atoms with E-state index in [1.54, 1.807) is 12.1 Å². The van der Waals surface area contributed by atoms with Crippen LogP contribution in [0.4, 0.5) is 5.69 Å². The molecule has 0 bridgehead atoms. The second kappa shape index (κ2) is 8.54. The predicted octanol–water partition coefficient (Wildman–Crippen LogP) is 2.01. The second-order valence-corrected chi connectivity index (χ2v) is 5.58. The zero-order valence-corrected chi connectivity index (χ0v) is 14.8. The maximum Gasteiger partial charge on any atom is 0.277 e. The first-order valence-corrected chi connectivity index (χ1v) is 8.22. The Morgan fingerprint density at radius 3 is 2.61 bits per heavy atom. The van der Waals surface area contributed by atoms with E-state index in [1.807, 2.05) is 30.3 Å². The van der Waals surface area contributed by atoms with Gasteiger partial charge in [0.15, 0.2) is 0 Å². The van der Waals surface area contributed by atoms with Crippen LogP contribution in [0.3, 0.4) is 0 Å². The van der Waals surface area contributed by atoms with Crippen molar-refractivity contribution in [2.24, 2.45) is 5.10 Å². The lowest BCUT2D eigenvalue weighted by atomic mass is 10.2. The number of nitrogens with one attached hydrogen (secondary N) is 1. The van der Waals surface area contributed by atoms with Gasteiger partial charge in [-0.1, -0.05) is 35.1 Å². The van der Waals surface area contributed by atoms with Gasteiger partial charge in [-0.05, 0) is 28.5 Å². The van der Waals surface area contributed by atoms with E-state index in [-0.39, 0.29) is 23.9 Å². The zero-order valence-electron chi connectivity index (χ0n) is 14.8. The molecule has 28 heavy (non-hydrogen) atoms. The van der Waals surface area contributed by atoms with Gasteiger partial charge in [0, 0.05) is 19.2 Å². The zero-order chi connectivity index (χ0) is 19.9. The molecule has 1 heterocycles. The molecule has 0 aliphatic heterocycles. The first kappa shape index (κ1) is 18.7. The number of aromatic nitrogens is 3. The number of rotatable bonds is 7. The molecular weight excluding hydrogens is 364 g/mol. The van der Waals surface area contributed by atoms with Crippen molar-refractivity contribution in [2.45, 2.75) is 6.61 Å². The van der Waals surface area contributed by atoms with Gasteiger partial charge in [-0.3, -0.25) is 14.9 Å². The smallest absolute Gasteiger partial charge is 0.277 e. The molecule has 0 aliphatic carbocycles. The van der Waals surface area contributed by atoms with Gasteiger partial charge in [0.05, 0.1) is 11.1 Å². The third-order valence-electron chi connectivity index (χ3n) is 3.69. The van der Waals surface area contributed by atoms with Crippen LogP contribution in [-0.2, 0) is 6.61 Å². The van der Waals surface area contributed by atoms with E-state index in [9.17, 15) is 14.9 Å². The molecule has 1 aromatic heterocycles. The van der Waals surface area contributed by atoms with Crippen molar-refractivity contribution >= 4 is 17.8 Å². The molecule has 0 aliphatic rings. The predicted molar refractivity (Wildman–Crippen MR) is 100 cm³/mol. The molecule has 2 aromatic carbocycles. The Balaban J connectivity index is 1.84. The highest BCUT2D eigenvalue weighted by atomic mass is 16.6. The summed E-state index contributed by atoms with van der Waals surface area (Å²) in [6, 6.07) is 15.2. The Kier molecular flexibility index (Phi) is 5.70. The fourth-order valence-electron chi connectivity index (χ4n) is 2.26. The molecule has 1 amide bonds. The quantitative estimate of drug-likeness (QED) is 0.380. The number of non-ortho nitro benzene ring substituents is 1. The minimum absolute atomic E-state index is 0.000666. The first-order valence-electron chi connectivity index (χ1n) is 8.22. The molecule has 1 N–H and O–H groups in total. The number of amides is 1. The van der Waals surface area contributed by atoms with Crippen LogP contribution >= 0.6 is 0 Å². The van der Waals surface area contributed by atoms with Crippen molar-refractivity contribution in [2.75, 3.05) is 7.05 Å². The normalized spacial score (nSPS) is 10.8. The molecule has 0 spiro atoms. The molecule has 3 rings (SSSR count). The summed E-state index contributed by atoms with van der Waals surface area (Å²) < 4.78 is 5.73. The number of nitrogens with zero attached hydrogens (tertiary/aromatic N) is 5. The highest BCUT2D eigenvalue weighted by molar-refractivity contribution is 5.94. The Morgan fingerprint density at radius 2 is 1.96 bits per heavy atom. The molecule has 10 nitrogen and oxygen atoms in total. The van der Waals surface area contributed by atoms with Crippen molar-refractivity contribution in [1.29, 1.82) is 0 Å². The third kappa shape index (κ3) is 4.36. The average Bonchev–Trinajstić information content (AvgIpc) is 3.14. The number of hydrogen-bond acceptors (Lipinski definition) is 7. The van der Waals surface area contributed by atoms with E-state index in [2.05, 4.69) is 20.7 Å². The topological polar surface area (TPSA) is 125 Å². The fourth-order valence-corrected chi connectivity index (χ4v) is 2.26. The molecule has 0 saturated carbocycles. The summed E-state index contributed by atoms with van der Waals surface area (Å²) in [6.45, 7) is 0.200. The standard InChI is InChI=1S/C18H16N6O4/c1-19-17(25)16-18(28-12-14-5-3-2-4-6-14)23(22-21-16)20-11-13-7-9-15(10-8-13)24(26)27/h2-11H,12H2,1H3,(H,19,25)/b20-11+. The Labute approximate surface area is 159 Å². The monoisotopic (exact) mass is 380 g/mol. The van der Waals surface area contributed by atoms with E-state index in [1.165, 1.54) is 25.4 Å². The van der Waals surface area contributed by atoms with E-state index < -0.39 is 10.8 Å². The number of nitro benzene ring substituents is 1. The highest BCUT2D eigenvalue weighted by Gasteiger charge is 2.20. The fraction of sp³-hybridized carbons (Fsp3) is 0.111. The number of ether oxygens (including phenoxy) is 1. The molecule has 3 aromatic rings. The van der Waals surface area contributed by atoms with E-state index in [0.29, 0.717) is 5.56 Å². The summed E-state index contributed by atoms with van der Waals surface area (Å²) in [6.07, 6.45) is 1.43. The molecule has 0 radical (unpaired) electrons. The second-order valence-electron chi connectivity index (χ2n) is 5.58. The van der Waals surface area contributed by atoms with E-state index >= 15 is 0 Å². The van der Waals surface area contributed by atoms with Crippen LogP contribution in [0.15, 0.2) is 59.7 Å². The molecule has 0 saturated heterocycles. The van der Waals surface area contributed by atoms with Gasteiger partial charge >= 0.3 is 0 Å². The van der Waals surface area contributed by atoms with Crippen molar-refractivity contribution in [3.8, 4) is 5.88 Å². The number of nitro groups is 1. The molecule has 142 valence electrons. The number of benzene rings is 2. The van der Waals surface area contributed by atoms with Crippen LogP contribution in [0.25, 0.3) is 0 Å². The Hall–Kier alpha value is -4.08. The lowest BCUT2D eigenvalue weighted by Gasteiger charge is -2.07. The van der Waals surface area contributed by atoms with E-state index in [4.69, 9.17) is 4.74 Å². The lowest BCUT2D eigenvalue weighted by Crippen LogP contribution is -2.19. The SMILES string of the molecule is CNC(=O)c1nnn(/N=C/c2ccc([N+](=O)[O-])cc2)c1OCc1ccccc1. The maximum absolute atomic E-state index is 12.0. The highest BCUT2D eigenvalue weighted by Crippen LogP contribution is 2.18. The number of hydrogen-bond donors (Lipinski definition) is 1.